The molecule has 0 saturated heterocycles. The van der Waals surface area contributed by atoms with Crippen LogP contribution in [-0.2, 0) is 4.74 Å². The number of rotatable bonds is 3. The van der Waals surface area contributed by atoms with Gasteiger partial charge in [0.2, 0.25) is 0 Å². The Morgan fingerprint density at radius 1 is 1.41 bits per heavy atom. The van der Waals surface area contributed by atoms with E-state index < -0.39 is 0 Å². The van der Waals surface area contributed by atoms with Gasteiger partial charge in [-0.25, -0.2) is 4.79 Å². The number of nitrogens with two attached hydrogens (primary N) is 1. The van der Waals surface area contributed by atoms with Gasteiger partial charge in [-0.1, -0.05) is 32.0 Å². The third-order valence-electron chi connectivity index (χ3n) is 4.01. The van der Waals surface area contributed by atoms with Gasteiger partial charge in [0.25, 0.3) is 0 Å². The van der Waals surface area contributed by atoms with E-state index in [1.165, 1.54) is 7.11 Å². The maximum atomic E-state index is 11.7. The van der Waals surface area contributed by atoms with Crippen LogP contribution in [-0.4, -0.2) is 19.6 Å². The molecule has 0 aliphatic heterocycles. The van der Waals surface area contributed by atoms with E-state index in [9.17, 15) is 4.79 Å². The van der Waals surface area contributed by atoms with Crippen molar-refractivity contribution >= 4 is 5.97 Å². The number of carbonyl (C=O) groups is 1. The maximum absolute atomic E-state index is 11.7. The molecule has 1 saturated carbocycles. The fraction of sp³-hybridized carbons (Fsp3) is 0.500. The summed E-state index contributed by atoms with van der Waals surface area (Å²) in [7, 11) is 1.41. The molecule has 0 heterocycles. The first-order chi connectivity index (χ1) is 8.04. The van der Waals surface area contributed by atoms with Crippen molar-refractivity contribution < 1.29 is 9.53 Å². The Balaban J connectivity index is 2.38. The lowest BCUT2D eigenvalue weighted by molar-refractivity contribution is 0.0599. The zero-order valence-corrected chi connectivity index (χ0v) is 10.6. The van der Waals surface area contributed by atoms with Crippen LogP contribution in [0.2, 0.25) is 0 Å². The minimum absolute atomic E-state index is 0.179. The van der Waals surface area contributed by atoms with E-state index in [0.717, 1.165) is 5.56 Å². The minimum Gasteiger partial charge on any atom is -0.465 e. The van der Waals surface area contributed by atoms with Crippen LogP contribution in [0.4, 0.5) is 0 Å². The van der Waals surface area contributed by atoms with Crippen molar-refractivity contribution in [2.45, 2.75) is 19.8 Å². The Bertz CT molecular complexity index is 440. The average molecular weight is 233 g/mol. The standard InChI is InChI=1S/C14H19NO2/c1-14(2)11(8-15)12(14)9-6-4-5-7-10(9)13(16)17-3/h4-7,11-12H,8,15H2,1-3H3/t11-,12-/m0/s1. The second kappa shape index (κ2) is 4.15. The van der Waals surface area contributed by atoms with Crippen LogP contribution < -0.4 is 5.73 Å². The van der Waals surface area contributed by atoms with Gasteiger partial charge in [-0.3, -0.25) is 0 Å². The zero-order chi connectivity index (χ0) is 12.6. The summed E-state index contributed by atoms with van der Waals surface area (Å²) in [6, 6.07) is 7.66. The van der Waals surface area contributed by atoms with Gasteiger partial charge in [-0.05, 0) is 35.4 Å². The van der Waals surface area contributed by atoms with Gasteiger partial charge in [-0.2, -0.15) is 0 Å². The second-order valence-electron chi connectivity index (χ2n) is 5.22. The molecule has 0 aromatic heterocycles. The molecule has 3 heteroatoms. The van der Waals surface area contributed by atoms with Crippen molar-refractivity contribution in [1.82, 2.24) is 0 Å². The van der Waals surface area contributed by atoms with Gasteiger partial charge in [0.1, 0.15) is 0 Å². The van der Waals surface area contributed by atoms with Gasteiger partial charge in [0.05, 0.1) is 12.7 Å². The number of hydrogen-bond donors (Lipinski definition) is 1. The molecule has 2 rings (SSSR count). The Morgan fingerprint density at radius 2 is 2.06 bits per heavy atom. The molecule has 1 fully saturated rings. The summed E-state index contributed by atoms with van der Waals surface area (Å²) in [5, 5.41) is 0. The Morgan fingerprint density at radius 3 is 2.59 bits per heavy atom. The third-order valence-corrected chi connectivity index (χ3v) is 4.01. The highest BCUT2D eigenvalue weighted by Gasteiger charge is 2.57. The fourth-order valence-corrected chi connectivity index (χ4v) is 2.87. The predicted molar refractivity (Wildman–Crippen MR) is 66.8 cm³/mol. The molecule has 0 bridgehead atoms. The molecule has 0 amide bonds. The molecule has 0 unspecified atom stereocenters. The number of esters is 1. The molecule has 1 aromatic carbocycles. The van der Waals surface area contributed by atoms with Gasteiger partial charge < -0.3 is 10.5 Å². The molecule has 1 aliphatic carbocycles. The van der Waals surface area contributed by atoms with Crippen LogP contribution >= 0.6 is 0 Å². The molecule has 0 radical (unpaired) electrons. The van der Waals surface area contributed by atoms with E-state index in [-0.39, 0.29) is 11.4 Å². The fourth-order valence-electron chi connectivity index (χ4n) is 2.87. The summed E-state index contributed by atoms with van der Waals surface area (Å²) in [5.74, 6) is 0.551. The summed E-state index contributed by atoms with van der Waals surface area (Å²) in [6.07, 6.45) is 0. The normalized spacial score (nSPS) is 25.4. The summed E-state index contributed by atoms with van der Waals surface area (Å²) < 4.78 is 4.82. The number of methoxy groups -OCH3 is 1. The van der Waals surface area contributed by atoms with Crippen molar-refractivity contribution in [2.75, 3.05) is 13.7 Å². The van der Waals surface area contributed by atoms with Crippen LogP contribution in [0.3, 0.4) is 0 Å². The minimum atomic E-state index is -0.265. The van der Waals surface area contributed by atoms with E-state index in [4.69, 9.17) is 10.5 Å². The van der Waals surface area contributed by atoms with Gasteiger partial charge in [0, 0.05) is 0 Å². The number of carbonyl (C=O) groups excluding carboxylic acids is 1. The van der Waals surface area contributed by atoms with E-state index in [0.29, 0.717) is 23.9 Å². The number of benzene rings is 1. The number of ether oxygens (including phenoxy) is 1. The lowest BCUT2D eigenvalue weighted by atomic mass is 9.98. The molecule has 0 spiro atoms. The van der Waals surface area contributed by atoms with Crippen molar-refractivity contribution in [1.29, 1.82) is 0 Å². The lowest BCUT2D eigenvalue weighted by Gasteiger charge is -2.08. The van der Waals surface area contributed by atoms with Crippen LogP contribution in [0.15, 0.2) is 24.3 Å². The van der Waals surface area contributed by atoms with Gasteiger partial charge in [-0.15, -0.1) is 0 Å². The molecule has 2 atom stereocenters. The molecule has 3 nitrogen and oxygen atoms in total. The molecule has 1 aliphatic rings. The first-order valence-corrected chi connectivity index (χ1v) is 5.91. The largest absolute Gasteiger partial charge is 0.465 e. The number of hydrogen-bond acceptors (Lipinski definition) is 3. The Kier molecular flexibility index (Phi) is 2.96. The van der Waals surface area contributed by atoms with E-state index in [1.807, 2.05) is 24.3 Å². The molecule has 92 valence electrons. The maximum Gasteiger partial charge on any atom is 0.338 e. The van der Waals surface area contributed by atoms with Crippen LogP contribution in [0.25, 0.3) is 0 Å². The molecule has 17 heavy (non-hydrogen) atoms. The molecule has 2 N–H and O–H groups in total. The molecular weight excluding hydrogens is 214 g/mol. The van der Waals surface area contributed by atoms with Gasteiger partial charge in [0.15, 0.2) is 0 Å². The SMILES string of the molecule is COC(=O)c1ccccc1[C@H]1[C@H](CN)C1(C)C. The van der Waals surface area contributed by atoms with Crippen molar-refractivity contribution in [3.05, 3.63) is 35.4 Å². The van der Waals surface area contributed by atoms with E-state index >= 15 is 0 Å². The highest BCUT2D eigenvalue weighted by Crippen LogP contribution is 2.64. The van der Waals surface area contributed by atoms with Crippen LogP contribution in [0.1, 0.15) is 35.7 Å². The van der Waals surface area contributed by atoms with E-state index in [2.05, 4.69) is 13.8 Å². The first kappa shape index (κ1) is 12.1. The lowest BCUT2D eigenvalue weighted by Crippen LogP contribution is -2.07. The third kappa shape index (κ3) is 1.84. The highest BCUT2D eigenvalue weighted by molar-refractivity contribution is 5.91. The van der Waals surface area contributed by atoms with Crippen LogP contribution in [0.5, 0.6) is 0 Å². The summed E-state index contributed by atoms with van der Waals surface area (Å²) in [6.45, 7) is 5.06. The monoisotopic (exact) mass is 233 g/mol. The van der Waals surface area contributed by atoms with Crippen molar-refractivity contribution in [3.8, 4) is 0 Å². The zero-order valence-electron chi connectivity index (χ0n) is 10.6. The highest BCUT2D eigenvalue weighted by atomic mass is 16.5. The Hall–Kier alpha value is -1.35. The topological polar surface area (TPSA) is 52.3 Å². The molecular formula is C14H19NO2. The van der Waals surface area contributed by atoms with Crippen molar-refractivity contribution in [2.24, 2.45) is 17.1 Å². The average Bonchev–Trinajstić information content (AvgIpc) is 2.89. The van der Waals surface area contributed by atoms with E-state index in [1.54, 1.807) is 0 Å². The summed E-state index contributed by atoms with van der Waals surface area (Å²) in [5.41, 5.74) is 7.70. The Labute approximate surface area is 102 Å². The van der Waals surface area contributed by atoms with Gasteiger partial charge >= 0.3 is 5.97 Å². The second-order valence-corrected chi connectivity index (χ2v) is 5.22. The van der Waals surface area contributed by atoms with Crippen molar-refractivity contribution in [3.63, 3.8) is 0 Å². The first-order valence-electron chi connectivity index (χ1n) is 5.91. The summed E-state index contributed by atoms with van der Waals surface area (Å²) in [4.78, 5) is 11.7. The summed E-state index contributed by atoms with van der Waals surface area (Å²) >= 11 is 0. The quantitative estimate of drug-likeness (QED) is 0.814. The van der Waals surface area contributed by atoms with Crippen LogP contribution in [0, 0.1) is 11.3 Å². The smallest absolute Gasteiger partial charge is 0.338 e. The predicted octanol–water partition coefficient (Wildman–Crippen LogP) is 2.17. The molecule has 1 aromatic rings.